The van der Waals surface area contributed by atoms with Gasteiger partial charge >= 0.3 is 5.97 Å². The van der Waals surface area contributed by atoms with Crippen molar-refractivity contribution in [3.8, 4) is 0 Å². The van der Waals surface area contributed by atoms with Crippen molar-refractivity contribution in [3.05, 3.63) is 65.5 Å². The molecule has 1 aliphatic rings. The molecule has 1 amide bonds. The lowest BCUT2D eigenvalue weighted by Gasteiger charge is -2.17. The average Bonchev–Trinajstić information content (AvgIpc) is 3.01. The third-order valence-corrected chi connectivity index (χ3v) is 4.09. The van der Waals surface area contributed by atoms with Crippen molar-refractivity contribution in [1.82, 2.24) is 0 Å². The van der Waals surface area contributed by atoms with Crippen molar-refractivity contribution in [3.63, 3.8) is 0 Å². The van der Waals surface area contributed by atoms with Crippen LogP contribution in [0.15, 0.2) is 48.5 Å². The fourth-order valence-electron chi connectivity index (χ4n) is 2.75. The summed E-state index contributed by atoms with van der Waals surface area (Å²) in [4.78, 5) is 25.9. The molecule has 0 N–H and O–H groups in total. The molecule has 1 fully saturated rings. The van der Waals surface area contributed by atoms with Crippen LogP contribution in [0.4, 0.5) is 10.1 Å². The van der Waals surface area contributed by atoms with Gasteiger partial charge in [-0.15, -0.1) is 0 Å². The van der Waals surface area contributed by atoms with Gasteiger partial charge in [0.15, 0.2) is 0 Å². The van der Waals surface area contributed by atoms with Gasteiger partial charge in [-0.25, -0.2) is 9.18 Å². The molecule has 2 aromatic rings. The molecule has 1 aliphatic heterocycles. The summed E-state index contributed by atoms with van der Waals surface area (Å²) in [5, 5.41) is 0. The van der Waals surface area contributed by atoms with Crippen LogP contribution in [-0.2, 0) is 9.53 Å². The van der Waals surface area contributed by atoms with Crippen LogP contribution in [-0.4, -0.2) is 18.4 Å². The van der Waals surface area contributed by atoms with Gasteiger partial charge in [0, 0.05) is 18.7 Å². The zero-order valence-electron chi connectivity index (χ0n) is 13.4. The molecular weight excluding hydrogens is 309 g/mol. The van der Waals surface area contributed by atoms with E-state index < -0.39 is 12.1 Å². The second kappa shape index (κ2) is 6.83. The minimum Gasteiger partial charge on any atom is -0.454 e. The molecule has 3 rings (SSSR count). The number of esters is 1. The van der Waals surface area contributed by atoms with E-state index in [-0.39, 0.29) is 11.7 Å². The molecule has 0 saturated carbocycles. The van der Waals surface area contributed by atoms with Crippen molar-refractivity contribution < 1.29 is 18.7 Å². The smallest absolute Gasteiger partial charge is 0.338 e. The number of hydrogen-bond donors (Lipinski definition) is 0. The lowest BCUT2D eigenvalue weighted by Crippen LogP contribution is -2.24. The predicted molar refractivity (Wildman–Crippen MR) is 88.3 cm³/mol. The van der Waals surface area contributed by atoms with Crippen LogP contribution in [0.2, 0.25) is 0 Å². The Balaban J connectivity index is 1.73. The van der Waals surface area contributed by atoms with Gasteiger partial charge in [-0.2, -0.15) is 0 Å². The Bertz CT molecular complexity index is 757. The summed E-state index contributed by atoms with van der Waals surface area (Å²) in [7, 11) is 0. The molecule has 1 saturated heterocycles. The average molecular weight is 327 g/mol. The zero-order valence-corrected chi connectivity index (χ0v) is 13.4. The van der Waals surface area contributed by atoms with E-state index in [4.69, 9.17) is 4.74 Å². The number of carbonyl (C=O) groups excluding carboxylic acids is 2. The van der Waals surface area contributed by atoms with Crippen molar-refractivity contribution >= 4 is 17.6 Å². The maximum absolute atomic E-state index is 13.0. The van der Waals surface area contributed by atoms with E-state index in [2.05, 4.69) is 0 Å². The summed E-state index contributed by atoms with van der Waals surface area (Å²) in [5.74, 6) is -0.735. The van der Waals surface area contributed by atoms with Crippen LogP contribution in [0.1, 0.15) is 41.8 Å². The summed E-state index contributed by atoms with van der Waals surface area (Å²) >= 11 is 0. The molecule has 2 aromatic carbocycles. The molecule has 0 bridgehead atoms. The number of amides is 1. The van der Waals surface area contributed by atoms with E-state index in [1.54, 1.807) is 42.2 Å². The van der Waals surface area contributed by atoms with E-state index in [9.17, 15) is 14.0 Å². The van der Waals surface area contributed by atoms with Crippen molar-refractivity contribution in [2.24, 2.45) is 0 Å². The summed E-state index contributed by atoms with van der Waals surface area (Å²) in [6, 6.07) is 12.7. The first kappa shape index (κ1) is 16.2. The first-order chi connectivity index (χ1) is 11.5. The maximum Gasteiger partial charge on any atom is 0.338 e. The molecule has 1 unspecified atom stereocenters. The van der Waals surface area contributed by atoms with E-state index in [1.165, 1.54) is 12.1 Å². The number of benzene rings is 2. The molecule has 0 aliphatic carbocycles. The highest BCUT2D eigenvalue weighted by molar-refractivity contribution is 5.97. The van der Waals surface area contributed by atoms with Gasteiger partial charge in [0.1, 0.15) is 11.9 Å². The third-order valence-electron chi connectivity index (χ3n) is 4.09. The minimum absolute atomic E-state index is 0.0696. The number of ether oxygens (including phenoxy) is 1. The molecule has 0 spiro atoms. The van der Waals surface area contributed by atoms with Crippen molar-refractivity contribution in [2.45, 2.75) is 25.9 Å². The molecule has 24 heavy (non-hydrogen) atoms. The van der Waals surface area contributed by atoms with E-state index in [0.29, 0.717) is 24.2 Å². The van der Waals surface area contributed by atoms with E-state index in [1.807, 2.05) is 6.07 Å². The number of rotatable bonds is 4. The van der Waals surface area contributed by atoms with Gasteiger partial charge in [-0.05, 0) is 49.2 Å². The van der Waals surface area contributed by atoms with Crippen LogP contribution in [0.25, 0.3) is 0 Å². The van der Waals surface area contributed by atoms with Gasteiger partial charge in [0.2, 0.25) is 5.91 Å². The van der Waals surface area contributed by atoms with Crippen LogP contribution in [0.3, 0.4) is 0 Å². The molecular formula is C19H18FNO3. The Morgan fingerprint density at radius 1 is 1.21 bits per heavy atom. The van der Waals surface area contributed by atoms with Crippen LogP contribution < -0.4 is 4.90 Å². The lowest BCUT2D eigenvalue weighted by atomic mass is 10.1. The normalized spacial score (nSPS) is 15.4. The summed E-state index contributed by atoms with van der Waals surface area (Å²) in [5.41, 5.74) is 1.82. The molecule has 1 atom stereocenters. The standard InChI is InChI=1S/C19H18FNO3/c1-13(14-7-9-16(20)10-8-14)24-19(23)15-4-2-5-17(12-15)21-11-3-6-18(21)22/h2,4-5,7-10,12-13H,3,6,11H2,1H3. The van der Waals surface area contributed by atoms with Gasteiger partial charge in [-0.3, -0.25) is 4.79 Å². The number of carbonyl (C=O) groups is 2. The van der Waals surface area contributed by atoms with Crippen LogP contribution in [0.5, 0.6) is 0 Å². The molecule has 1 heterocycles. The zero-order chi connectivity index (χ0) is 17.1. The Kier molecular flexibility index (Phi) is 4.60. The number of hydrogen-bond acceptors (Lipinski definition) is 3. The fourth-order valence-corrected chi connectivity index (χ4v) is 2.75. The molecule has 4 nitrogen and oxygen atoms in total. The number of halogens is 1. The minimum atomic E-state index is -0.491. The molecule has 124 valence electrons. The predicted octanol–water partition coefficient (Wildman–Crippen LogP) is 3.87. The maximum atomic E-state index is 13.0. The summed E-state index contributed by atoms with van der Waals surface area (Å²) < 4.78 is 18.4. The van der Waals surface area contributed by atoms with Crippen LogP contribution in [0, 0.1) is 5.82 Å². The highest BCUT2D eigenvalue weighted by Gasteiger charge is 2.23. The Morgan fingerprint density at radius 2 is 1.96 bits per heavy atom. The summed E-state index contributed by atoms with van der Waals surface area (Å²) in [6.45, 7) is 2.41. The fraction of sp³-hybridized carbons (Fsp3) is 0.263. The van der Waals surface area contributed by atoms with Crippen molar-refractivity contribution in [2.75, 3.05) is 11.4 Å². The highest BCUT2D eigenvalue weighted by Crippen LogP contribution is 2.24. The monoisotopic (exact) mass is 327 g/mol. The summed E-state index contributed by atoms with van der Waals surface area (Å²) in [6.07, 6.45) is 0.876. The Labute approximate surface area is 139 Å². The van der Waals surface area contributed by atoms with Gasteiger partial charge in [-0.1, -0.05) is 18.2 Å². The van der Waals surface area contributed by atoms with Crippen LogP contribution >= 0.6 is 0 Å². The number of anilines is 1. The van der Waals surface area contributed by atoms with Gasteiger partial charge in [0.25, 0.3) is 0 Å². The second-order valence-corrected chi connectivity index (χ2v) is 5.80. The lowest BCUT2D eigenvalue weighted by molar-refractivity contribution is -0.117. The SMILES string of the molecule is CC(OC(=O)c1cccc(N2CCCC2=O)c1)c1ccc(F)cc1. The van der Waals surface area contributed by atoms with Crippen molar-refractivity contribution in [1.29, 1.82) is 0 Å². The topological polar surface area (TPSA) is 46.6 Å². The molecule has 0 radical (unpaired) electrons. The highest BCUT2D eigenvalue weighted by atomic mass is 19.1. The van der Waals surface area contributed by atoms with Gasteiger partial charge < -0.3 is 9.64 Å². The Morgan fingerprint density at radius 3 is 2.62 bits per heavy atom. The number of nitrogens with zero attached hydrogens (tertiary/aromatic N) is 1. The largest absolute Gasteiger partial charge is 0.454 e. The van der Waals surface area contributed by atoms with E-state index >= 15 is 0 Å². The van der Waals surface area contributed by atoms with E-state index in [0.717, 1.165) is 12.0 Å². The first-order valence-electron chi connectivity index (χ1n) is 7.91. The Hall–Kier alpha value is -2.69. The first-order valence-corrected chi connectivity index (χ1v) is 7.91. The quantitative estimate of drug-likeness (QED) is 0.801. The molecule has 0 aromatic heterocycles. The van der Waals surface area contributed by atoms with Gasteiger partial charge in [0.05, 0.1) is 5.56 Å². The third kappa shape index (κ3) is 3.45. The second-order valence-electron chi connectivity index (χ2n) is 5.80. The molecule has 5 heteroatoms.